The van der Waals surface area contributed by atoms with Gasteiger partial charge in [0.2, 0.25) is 5.91 Å². The SMILES string of the molecule is CC(C(=O)NCCc1ccc(F)cc1)N(C)CC1(O)CCCC1. The van der Waals surface area contributed by atoms with Gasteiger partial charge in [-0.25, -0.2) is 4.39 Å². The number of halogens is 1. The molecule has 5 heteroatoms. The quantitative estimate of drug-likeness (QED) is 0.808. The number of rotatable bonds is 7. The van der Waals surface area contributed by atoms with Gasteiger partial charge in [-0.05, 0) is 50.9 Å². The Bertz CT molecular complexity index is 512. The second kappa shape index (κ2) is 7.88. The molecule has 0 bridgehead atoms. The number of hydrogen-bond acceptors (Lipinski definition) is 3. The van der Waals surface area contributed by atoms with Crippen LogP contribution in [0.15, 0.2) is 24.3 Å². The molecule has 1 aromatic carbocycles. The molecule has 23 heavy (non-hydrogen) atoms. The molecule has 1 saturated carbocycles. The van der Waals surface area contributed by atoms with Crippen LogP contribution in [-0.4, -0.2) is 47.7 Å². The maximum absolute atomic E-state index is 12.8. The van der Waals surface area contributed by atoms with Crippen LogP contribution in [0.3, 0.4) is 0 Å². The number of aliphatic hydroxyl groups is 1. The van der Waals surface area contributed by atoms with Crippen molar-refractivity contribution in [1.82, 2.24) is 10.2 Å². The van der Waals surface area contributed by atoms with Crippen LogP contribution in [0.2, 0.25) is 0 Å². The minimum Gasteiger partial charge on any atom is -0.389 e. The third kappa shape index (κ3) is 5.29. The first-order chi connectivity index (χ1) is 10.9. The van der Waals surface area contributed by atoms with Gasteiger partial charge in [0.25, 0.3) is 0 Å². The molecule has 1 fully saturated rings. The summed E-state index contributed by atoms with van der Waals surface area (Å²) >= 11 is 0. The molecule has 1 amide bonds. The molecule has 2 rings (SSSR count). The number of nitrogens with one attached hydrogen (secondary N) is 1. The van der Waals surface area contributed by atoms with Gasteiger partial charge in [-0.15, -0.1) is 0 Å². The van der Waals surface area contributed by atoms with Gasteiger partial charge in [0.1, 0.15) is 5.82 Å². The largest absolute Gasteiger partial charge is 0.389 e. The Morgan fingerprint density at radius 1 is 1.35 bits per heavy atom. The third-order valence-electron chi connectivity index (χ3n) is 4.74. The summed E-state index contributed by atoms with van der Waals surface area (Å²) in [4.78, 5) is 14.1. The first-order valence-corrected chi connectivity index (χ1v) is 8.34. The summed E-state index contributed by atoms with van der Waals surface area (Å²) in [6.45, 7) is 2.90. The number of hydrogen-bond donors (Lipinski definition) is 2. The number of benzene rings is 1. The van der Waals surface area contributed by atoms with E-state index in [1.54, 1.807) is 12.1 Å². The summed E-state index contributed by atoms with van der Waals surface area (Å²) in [5.41, 5.74) is 0.352. The Morgan fingerprint density at radius 2 is 1.96 bits per heavy atom. The summed E-state index contributed by atoms with van der Waals surface area (Å²) in [5.74, 6) is -0.297. The van der Waals surface area contributed by atoms with Gasteiger partial charge in [-0.3, -0.25) is 9.69 Å². The van der Waals surface area contributed by atoms with Gasteiger partial charge in [-0.2, -0.15) is 0 Å². The van der Waals surface area contributed by atoms with E-state index in [4.69, 9.17) is 0 Å². The van der Waals surface area contributed by atoms with Crippen LogP contribution < -0.4 is 5.32 Å². The molecule has 0 saturated heterocycles. The number of carbonyl (C=O) groups excluding carboxylic acids is 1. The van der Waals surface area contributed by atoms with E-state index < -0.39 is 5.60 Å². The zero-order valence-electron chi connectivity index (χ0n) is 14.0. The lowest BCUT2D eigenvalue weighted by molar-refractivity contribution is -0.126. The predicted molar refractivity (Wildman–Crippen MR) is 88.6 cm³/mol. The van der Waals surface area contributed by atoms with E-state index in [1.165, 1.54) is 12.1 Å². The maximum atomic E-state index is 12.8. The first kappa shape index (κ1) is 17.9. The molecule has 0 aromatic heterocycles. The number of amides is 1. The Hall–Kier alpha value is -1.46. The first-order valence-electron chi connectivity index (χ1n) is 8.34. The van der Waals surface area contributed by atoms with Gasteiger partial charge in [0.15, 0.2) is 0 Å². The van der Waals surface area contributed by atoms with Crippen LogP contribution in [0.4, 0.5) is 4.39 Å². The van der Waals surface area contributed by atoms with Crippen molar-refractivity contribution in [3.63, 3.8) is 0 Å². The molecule has 4 nitrogen and oxygen atoms in total. The normalized spacial score (nSPS) is 18.1. The predicted octanol–water partition coefficient (Wildman–Crippen LogP) is 2.11. The zero-order valence-corrected chi connectivity index (χ0v) is 14.0. The molecular formula is C18H27FN2O2. The highest BCUT2D eigenvalue weighted by atomic mass is 19.1. The van der Waals surface area contributed by atoms with Crippen molar-refractivity contribution in [2.75, 3.05) is 20.1 Å². The van der Waals surface area contributed by atoms with E-state index in [-0.39, 0.29) is 17.8 Å². The molecule has 128 valence electrons. The van der Waals surface area contributed by atoms with Crippen molar-refractivity contribution >= 4 is 5.91 Å². The topological polar surface area (TPSA) is 52.6 Å². The Morgan fingerprint density at radius 3 is 2.57 bits per heavy atom. The van der Waals surface area contributed by atoms with Gasteiger partial charge >= 0.3 is 0 Å². The molecule has 0 radical (unpaired) electrons. The molecule has 0 spiro atoms. The smallest absolute Gasteiger partial charge is 0.237 e. The highest BCUT2D eigenvalue weighted by Crippen LogP contribution is 2.30. The van der Waals surface area contributed by atoms with Crippen LogP contribution in [0.1, 0.15) is 38.2 Å². The second-order valence-electron chi connectivity index (χ2n) is 6.69. The highest BCUT2D eigenvalue weighted by Gasteiger charge is 2.34. The maximum Gasteiger partial charge on any atom is 0.237 e. The fourth-order valence-corrected chi connectivity index (χ4v) is 3.12. The van der Waals surface area contributed by atoms with Crippen LogP contribution >= 0.6 is 0 Å². The van der Waals surface area contributed by atoms with E-state index in [0.29, 0.717) is 19.5 Å². The van der Waals surface area contributed by atoms with Crippen LogP contribution in [0, 0.1) is 5.82 Å². The number of likely N-dealkylation sites (N-methyl/N-ethyl adjacent to an activating group) is 1. The van der Waals surface area contributed by atoms with Gasteiger partial charge in [0.05, 0.1) is 11.6 Å². The highest BCUT2D eigenvalue weighted by molar-refractivity contribution is 5.81. The monoisotopic (exact) mass is 322 g/mol. The van der Waals surface area contributed by atoms with Crippen LogP contribution in [0.5, 0.6) is 0 Å². The number of carbonyl (C=O) groups is 1. The van der Waals surface area contributed by atoms with E-state index in [1.807, 2.05) is 18.9 Å². The molecule has 0 heterocycles. The molecule has 2 N–H and O–H groups in total. The molecule has 1 atom stereocenters. The standard InChI is InChI=1S/C18H27FN2O2/c1-14(21(2)13-18(23)10-3-4-11-18)17(22)20-12-9-15-5-7-16(19)8-6-15/h5-8,14,23H,3-4,9-13H2,1-2H3,(H,20,22). The van der Waals surface area contributed by atoms with Gasteiger partial charge in [-0.1, -0.05) is 25.0 Å². The van der Waals surface area contributed by atoms with Gasteiger partial charge < -0.3 is 10.4 Å². The van der Waals surface area contributed by atoms with Crippen molar-refractivity contribution in [3.8, 4) is 0 Å². The minimum absolute atomic E-state index is 0.0452. The van der Waals surface area contributed by atoms with E-state index in [9.17, 15) is 14.3 Å². The summed E-state index contributed by atoms with van der Waals surface area (Å²) in [6.07, 6.45) is 4.42. The molecule has 1 aliphatic carbocycles. The fraction of sp³-hybridized carbons (Fsp3) is 0.611. The Kier molecular flexibility index (Phi) is 6.13. The Labute approximate surface area is 137 Å². The molecule has 1 aromatic rings. The average molecular weight is 322 g/mol. The summed E-state index contributed by atoms with van der Waals surface area (Å²) in [6, 6.07) is 6.03. The van der Waals surface area contributed by atoms with Crippen LogP contribution in [0.25, 0.3) is 0 Å². The summed E-state index contributed by atoms with van der Waals surface area (Å²) in [5, 5.41) is 13.3. The van der Waals surface area contributed by atoms with Crippen molar-refractivity contribution in [2.24, 2.45) is 0 Å². The molecular weight excluding hydrogens is 295 g/mol. The Balaban J connectivity index is 1.74. The van der Waals surface area contributed by atoms with E-state index in [0.717, 1.165) is 31.2 Å². The molecule has 1 aliphatic rings. The lowest BCUT2D eigenvalue weighted by Gasteiger charge is -2.31. The third-order valence-corrected chi connectivity index (χ3v) is 4.74. The van der Waals surface area contributed by atoms with Crippen molar-refractivity contribution in [3.05, 3.63) is 35.6 Å². The zero-order chi connectivity index (χ0) is 16.9. The van der Waals surface area contributed by atoms with Crippen LogP contribution in [-0.2, 0) is 11.2 Å². The minimum atomic E-state index is -0.641. The van der Waals surface area contributed by atoms with E-state index in [2.05, 4.69) is 5.32 Å². The molecule has 1 unspecified atom stereocenters. The summed E-state index contributed by atoms with van der Waals surface area (Å²) in [7, 11) is 1.88. The fourth-order valence-electron chi connectivity index (χ4n) is 3.12. The summed E-state index contributed by atoms with van der Waals surface area (Å²) < 4.78 is 12.8. The second-order valence-corrected chi connectivity index (χ2v) is 6.69. The lowest BCUT2D eigenvalue weighted by atomic mass is 10.0. The average Bonchev–Trinajstić information content (AvgIpc) is 2.94. The van der Waals surface area contributed by atoms with Crippen molar-refractivity contribution in [1.29, 1.82) is 0 Å². The van der Waals surface area contributed by atoms with Crippen molar-refractivity contribution in [2.45, 2.75) is 50.7 Å². The lowest BCUT2D eigenvalue weighted by Crippen LogP contribution is -2.49. The van der Waals surface area contributed by atoms with E-state index >= 15 is 0 Å². The molecule has 0 aliphatic heterocycles. The van der Waals surface area contributed by atoms with Crippen molar-refractivity contribution < 1.29 is 14.3 Å². The van der Waals surface area contributed by atoms with Gasteiger partial charge in [0, 0.05) is 13.1 Å². The number of nitrogens with zero attached hydrogens (tertiary/aromatic N) is 1.